The number of rotatable bonds is 3. The van der Waals surface area contributed by atoms with Crippen molar-refractivity contribution in [2.45, 2.75) is 39.2 Å². The van der Waals surface area contributed by atoms with Crippen LogP contribution in [-0.2, 0) is 17.8 Å². The van der Waals surface area contributed by atoms with E-state index in [1.165, 1.54) is 24.0 Å². The summed E-state index contributed by atoms with van der Waals surface area (Å²) >= 11 is 0. The van der Waals surface area contributed by atoms with Gasteiger partial charge in [0.1, 0.15) is 0 Å². The van der Waals surface area contributed by atoms with Gasteiger partial charge in [0.2, 0.25) is 5.91 Å². The summed E-state index contributed by atoms with van der Waals surface area (Å²) in [7, 11) is 0. The molecular weight excluding hydrogens is 260 g/mol. The topological polar surface area (TPSA) is 23.6 Å². The van der Waals surface area contributed by atoms with E-state index >= 15 is 0 Å². The van der Waals surface area contributed by atoms with Gasteiger partial charge in [0.15, 0.2) is 0 Å². The van der Waals surface area contributed by atoms with Crippen LogP contribution in [-0.4, -0.2) is 41.9 Å². The van der Waals surface area contributed by atoms with Crippen LogP contribution >= 0.6 is 0 Å². The van der Waals surface area contributed by atoms with Crippen LogP contribution < -0.4 is 0 Å². The van der Waals surface area contributed by atoms with E-state index in [1.54, 1.807) is 0 Å². The van der Waals surface area contributed by atoms with Crippen LogP contribution in [0.25, 0.3) is 0 Å². The van der Waals surface area contributed by atoms with Crippen LogP contribution in [0.4, 0.5) is 0 Å². The van der Waals surface area contributed by atoms with E-state index in [1.807, 2.05) is 0 Å². The highest BCUT2D eigenvalue weighted by molar-refractivity contribution is 5.76. The van der Waals surface area contributed by atoms with E-state index in [4.69, 9.17) is 0 Å². The number of benzene rings is 1. The molecule has 1 aromatic carbocycles. The number of nitrogens with zero attached hydrogens (tertiary/aromatic N) is 2. The molecule has 0 aliphatic carbocycles. The minimum atomic E-state index is 0.348. The molecular formula is C18H26N2O. The van der Waals surface area contributed by atoms with E-state index in [0.29, 0.717) is 12.3 Å². The summed E-state index contributed by atoms with van der Waals surface area (Å²) in [6.45, 7) is 7.19. The molecule has 1 aromatic rings. The van der Waals surface area contributed by atoms with Gasteiger partial charge in [0, 0.05) is 39.1 Å². The highest BCUT2D eigenvalue weighted by atomic mass is 16.2. The minimum Gasteiger partial charge on any atom is -0.343 e. The third kappa shape index (κ3) is 3.65. The molecule has 0 bridgehead atoms. The first kappa shape index (κ1) is 14.6. The van der Waals surface area contributed by atoms with Gasteiger partial charge >= 0.3 is 0 Å². The first-order valence-electron chi connectivity index (χ1n) is 8.29. The molecule has 0 unspecified atom stereocenters. The lowest BCUT2D eigenvalue weighted by molar-refractivity contribution is -0.132. The number of fused-ring (bicyclic) bond motifs is 1. The molecule has 0 radical (unpaired) electrons. The van der Waals surface area contributed by atoms with Crippen LogP contribution in [0.5, 0.6) is 0 Å². The average molecular weight is 286 g/mol. The molecule has 2 aliphatic rings. The zero-order valence-corrected chi connectivity index (χ0v) is 13.1. The molecule has 114 valence electrons. The maximum Gasteiger partial charge on any atom is 0.223 e. The third-order valence-electron chi connectivity index (χ3n) is 4.99. The molecule has 3 nitrogen and oxygen atoms in total. The number of amides is 1. The largest absolute Gasteiger partial charge is 0.343 e. The van der Waals surface area contributed by atoms with Crippen molar-refractivity contribution in [1.29, 1.82) is 0 Å². The van der Waals surface area contributed by atoms with Crippen LogP contribution in [0.2, 0.25) is 0 Å². The van der Waals surface area contributed by atoms with Crippen molar-refractivity contribution in [3.05, 3.63) is 35.4 Å². The molecule has 0 aromatic heterocycles. The molecule has 0 spiro atoms. The highest BCUT2D eigenvalue weighted by Gasteiger charge is 2.21. The fraction of sp³-hybridized carbons (Fsp3) is 0.611. The summed E-state index contributed by atoms with van der Waals surface area (Å²) < 4.78 is 0. The molecule has 3 rings (SSSR count). The molecule has 2 heterocycles. The molecule has 2 aliphatic heterocycles. The minimum absolute atomic E-state index is 0.348. The van der Waals surface area contributed by atoms with E-state index in [9.17, 15) is 4.79 Å². The van der Waals surface area contributed by atoms with Crippen molar-refractivity contribution >= 4 is 5.91 Å². The number of piperidine rings is 1. The molecule has 0 saturated carbocycles. The second-order valence-corrected chi connectivity index (χ2v) is 6.61. The Hall–Kier alpha value is -1.35. The van der Waals surface area contributed by atoms with Crippen LogP contribution in [0.15, 0.2) is 24.3 Å². The Bertz CT molecular complexity index is 492. The quantitative estimate of drug-likeness (QED) is 0.853. The molecule has 3 heteroatoms. The summed E-state index contributed by atoms with van der Waals surface area (Å²) in [5.74, 6) is 1.13. The molecule has 21 heavy (non-hydrogen) atoms. The van der Waals surface area contributed by atoms with E-state index in [-0.39, 0.29) is 0 Å². The summed E-state index contributed by atoms with van der Waals surface area (Å²) in [6, 6.07) is 8.68. The normalized spacial score (nSPS) is 20.3. The van der Waals surface area contributed by atoms with E-state index in [0.717, 1.165) is 45.1 Å². The van der Waals surface area contributed by atoms with Gasteiger partial charge in [-0.3, -0.25) is 9.69 Å². The van der Waals surface area contributed by atoms with Crippen molar-refractivity contribution in [2.24, 2.45) is 5.92 Å². The third-order valence-corrected chi connectivity index (χ3v) is 4.99. The Morgan fingerprint density at radius 2 is 1.86 bits per heavy atom. The van der Waals surface area contributed by atoms with Crippen LogP contribution in [0.1, 0.15) is 37.3 Å². The van der Waals surface area contributed by atoms with Crippen LogP contribution in [0.3, 0.4) is 0 Å². The fourth-order valence-corrected chi connectivity index (χ4v) is 3.41. The Kier molecular flexibility index (Phi) is 4.59. The number of carbonyl (C=O) groups is 1. The van der Waals surface area contributed by atoms with Gasteiger partial charge in [-0.25, -0.2) is 0 Å². The van der Waals surface area contributed by atoms with Gasteiger partial charge in [-0.05, 0) is 36.3 Å². The Morgan fingerprint density at radius 3 is 2.62 bits per heavy atom. The maximum absolute atomic E-state index is 12.3. The average Bonchev–Trinajstić information content (AvgIpc) is 2.53. The Labute approximate surface area is 127 Å². The molecule has 1 fully saturated rings. The van der Waals surface area contributed by atoms with Crippen molar-refractivity contribution in [1.82, 2.24) is 9.80 Å². The van der Waals surface area contributed by atoms with Crippen molar-refractivity contribution in [3.63, 3.8) is 0 Å². The van der Waals surface area contributed by atoms with Crippen molar-refractivity contribution < 1.29 is 4.79 Å². The lowest BCUT2D eigenvalue weighted by Crippen LogP contribution is -2.40. The maximum atomic E-state index is 12.3. The van der Waals surface area contributed by atoms with Crippen molar-refractivity contribution in [2.75, 3.05) is 26.2 Å². The number of hydrogen-bond acceptors (Lipinski definition) is 2. The lowest BCUT2D eigenvalue weighted by atomic mass is 9.98. The second kappa shape index (κ2) is 6.61. The van der Waals surface area contributed by atoms with Gasteiger partial charge in [-0.1, -0.05) is 31.2 Å². The Balaban J connectivity index is 1.47. The zero-order valence-electron chi connectivity index (χ0n) is 13.1. The standard InChI is InChI=1S/C18H26N2O/c1-15-6-12-20(13-7-15)18(21)9-11-19-10-8-16-4-2-3-5-17(16)14-19/h2-5,15H,6-14H2,1H3. The summed E-state index contributed by atoms with van der Waals surface area (Å²) in [5, 5.41) is 0. The second-order valence-electron chi connectivity index (χ2n) is 6.61. The first-order valence-corrected chi connectivity index (χ1v) is 8.29. The van der Waals surface area contributed by atoms with E-state index in [2.05, 4.69) is 41.0 Å². The molecule has 1 amide bonds. The zero-order chi connectivity index (χ0) is 14.7. The summed E-state index contributed by atoms with van der Waals surface area (Å²) in [6.07, 6.45) is 4.13. The molecule has 0 atom stereocenters. The number of likely N-dealkylation sites (tertiary alicyclic amines) is 1. The molecule has 1 saturated heterocycles. The van der Waals surface area contributed by atoms with E-state index < -0.39 is 0 Å². The summed E-state index contributed by atoms with van der Waals surface area (Å²) in [4.78, 5) is 16.8. The monoisotopic (exact) mass is 286 g/mol. The Morgan fingerprint density at radius 1 is 1.14 bits per heavy atom. The highest BCUT2D eigenvalue weighted by Crippen LogP contribution is 2.19. The first-order chi connectivity index (χ1) is 10.2. The lowest BCUT2D eigenvalue weighted by Gasteiger charge is -2.32. The fourth-order valence-electron chi connectivity index (χ4n) is 3.41. The van der Waals surface area contributed by atoms with Crippen molar-refractivity contribution in [3.8, 4) is 0 Å². The van der Waals surface area contributed by atoms with Gasteiger partial charge in [-0.15, -0.1) is 0 Å². The SMILES string of the molecule is CC1CCN(C(=O)CCN2CCc3ccccc3C2)CC1. The van der Waals surface area contributed by atoms with Gasteiger partial charge < -0.3 is 4.90 Å². The number of carbonyl (C=O) groups excluding carboxylic acids is 1. The smallest absolute Gasteiger partial charge is 0.223 e. The predicted molar refractivity (Wildman–Crippen MR) is 85.0 cm³/mol. The van der Waals surface area contributed by atoms with Gasteiger partial charge in [-0.2, -0.15) is 0 Å². The molecule has 0 N–H and O–H groups in total. The van der Waals surface area contributed by atoms with Gasteiger partial charge in [0.05, 0.1) is 0 Å². The van der Waals surface area contributed by atoms with Gasteiger partial charge in [0.25, 0.3) is 0 Å². The van der Waals surface area contributed by atoms with Crippen LogP contribution in [0, 0.1) is 5.92 Å². The summed E-state index contributed by atoms with van der Waals surface area (Å²) in [5.41, 5.74) is 2.91. The predicted octanol–water partition coefficient (Wildman–Crippen LogP) is 2.69. The number of hydrogen-bond donors (Lipinski definition) is 0.